The van der Waals surface area contributed by atoms with Crippen molar-refractivity contribution in [1.82, 2.24) is 0 Å². The van der Waals surface area contributed by atoms with Crippen LogP contribution in [0.15, 0.2) is 0 Å². The molecule has 1 aliphatic rings. The van der Waals surface area contributed by atoms with E-state index in [9.17, 15) is 4.79 Å². The van der Waals surface area contributed by atoms with Gasteiger partial charge in [-0.25, -0.2) is 0 Å². The quantitative estimate of drug-likeness (QED) is 0.652. The van der Waals surface area contributed by atoms with Gasteiger partial charge in [0.2, 0.25) is 0 Å². The van der Waals surface area contributed by atoms with Crippen LogP contribution in [0.25, 0.3) is 0 Å². The van der Waals surface area contributed by atoms with Gasteiger partial charge >= 0.3 is 0 Å². The molecule has 0 amide bonds. The third-order valence-corrected chi connectivity index (χ3v) is 3.33. The third-order valence-electron chi connectivity index (χ3n) is 3.33. The number of rotatable bonds is 3. The van der Waals surface area contributed by atoms with E-state index in [1.165, 1.54) is 25.7 Å². The highest BCUT2D eigenvalue weighted by atomic mass is 16.5. The Balaban J connectivity index is 2.58. The first-order chi connectivity index (χ1) is 6.58. The van der Waals surface area contributed by atoms with Gasteiger partial charge in [-0.3, -0.25) is 4.79 Å². The molecule has 0 saturated heterocycles. The molecule has 2 heteroatoms. The molecule has 0 radical (unpaired) electrons. The molecule has 82 valence electrons. The normalized spacial score (nSPS) is 20.5. The molecular weight excluding hydrogens is 176 g/mol. The lowest BCUT2D eigenvalue weighted by atomic mass is 9.86. The molecule has 0 heterocycles. The topological polar surface area (TPSA) is 26.3 Å². The van der Waals surface area contributed by atoms with Gasteiger partial charge in [0.1, 0.15) is 5.60 Å². The first-order valence-corrected chi connectivity index (χ1v) is 5.67. The van der Waals surface area contributed by atoms with Gasteiger partial charge in [0.15, 0.2) is 5.78 Å². The van der Waals surface area contributed by atoms with E-state index in [2.05, 4.69) is 0 Å². The summed E-state index contributed by atoms with van der Waals surface area (Å²) < 4.78 is 5.24. The van der Waals surface area contributed by atoms with Crippen LogP contribution in [-0.2, 0) is 9.53 Å². The number of hydrogen-bond acceptors (Lipinski definition) is 2. The molecule has 1 saturated carbocycles. The number of ether oxygens (including phenoxy) is 1. The van der Waals surface area contributed by atoms with E-state index in [1.54, 1.807) is 7.11 Å². The van der Waals surface area contributed by atoms with Gasteiger partial charge < -0.3 is 4.74 Å². The Morgan fingerprint density at radius 3 is 2.07 bits per heavy atom. The van der Waals surface area contributed by atoms with E-state index in [0.717, 1.165) is 12.8 Å². The Morgan fingerprint density at radius 2 is 1.64 bits per heavy atom. The highest BCUT2D eigenvalue weighted by molar-refractivity contribution is 5.88. The molecule has 14 heavy (non-hydrogen) atoms. The summed E-state index contributed by atoms with van der Waals surface area (Å²) in [6.45, 7) is 3.75. The molecule has 1 fully saturated rings. The monoisotopic (exact) mass is 198 g/mol. The van der Waals surface area contributed by atoms with Crippen LogP contribution in [0.1, 0.15) is 52.4 Å². The van der Waals surface area contributed by atoms with Gasteiger partial charge in [-0.15, -0.1) is 0 Å². The maximum atomic E-state index is 12.1. The zero-order valence-electron chi connectivity index (χ0n) is 9.64. The van der Waals surface area contributed by atoms with Crippen LogP contribution in [0.4, 0.5) is 0 Å². The molecular formula is C12H22O2. The van der Waals surface area contributed by atoms with Gasteiger partial charge in [-0.1, -0.05) is 25.7 Å². The smallest absolute Gasteiger partial charge is 0.167 e. The molecule has 0 aromatic carbocycles. The summed E-state index contributed by atoms with van der Waals surface area (Å²) in [4.78, 5) is 12.1. The van der Waals surface area contributed by atoms with Crippen molar-refractivity contribution < 1.29 is 9.53 Å². The second kappa shape index (κ2) is 4.92. The molecule has 0 spiro atoms. The largest absolute Gasteiger partial charge is 0.371 e. The molecule has 0 aromatic heterocycles. The van der Waals surface area contributed by atoms with Crippen molar-refractivity contribution in [3.8, 4) is 0 Å². The van der Waals surface area contributed by atoms with Crippen molar-refractivity contribution in [1.29, 1.82) is 0 Å². The van der Waals surface area contributed by atoms with Crippen LogP contribution in [-0.4, -0.2) is 18.5 Å². The summed E-state index contributed by atoms with van der Waals surface area (Å²) in [5, 5.41) is 0. The second-order valence-corrected chi connectivity index (χ2v) is 4.77. The van der Waals surface area contributed by atoms with E-state index >= 15 is 0 Å². The lowest BCUT2D eigenvalue weighted by Gasteiger charge is -2.26. The van der Waals surface area contributed by atoms with E-state index < -0.39 is 5.60 Å². The summed E-state index contributed by atoms with van der Waals surface area (Å²) in [7, 11) is 1.62. The Hall–Kier alpha value is -0.370. The number of ketones is 1. The number of hydrogen-bond donors (Lipinski definition) is 0. The predicted molar refractivity (Wildman–Crippen MR) is 57.3 cm³/mol. The highest BCUT2D eigenvalue weighted by Crippen LogP contribution is 2.28. The summed E-state index contributed by atoms with van der Waals surface area (Å²) in [6, 6.07) is 0. The molecule has 1 aliphatic carbocycles. The van der Waals surface area contributed by atoms with Crippen molar-refractivity contribution in [2.75, 3.05) is 7.11 Å². The van der Waals surface area contributed by atoms with Crippen LogP contribution in [0.5, 0.6) is 0 Å². The molecule has 0 N–H and O–H groups in total. The average molecular weight is 198 g/mol. The highest BCUT2D eigenvalue weighted by Gasteiger charge is 2.33. The summed E-state index contributed by atoms with van der Waals surface area (Å²) in [5.41, 5.74) is -0.588. The Morgan fingerprint density at radius 1 is 1.14 bits per heavy atom. The number of Topliss-reactive ketones (excluding diaryl/α,β-unsaturated/α-hetero) is 1. The number of methoxy groups -OCH3 is 1. The van der Waals surface area contributed by atoms with Gasteiger partial charge in [-0.05, 0) is 26.7 Å². The predicted octanol–water partition coefficient (Wildman–Crippen LogP) is 2.95. The SMILES string of the molecule is COC(C)(C)C(=O)C1CCCCCC1. The Labute approximate surface area is 87.0 Å². The van der Waals surface area contributed by atoms with Crippen molar-refractivity contribution in [2.24, 2.45) is 5.92 Å². The minimum absolute atomic E-state index is 0.243. The first kappa shape index (κ1) is 11.7. The minimum Gasteiger partial charge on any atom is -0.371 e. The zero-order chi connectivity index (χ0) is 10.6. The molecule has 0 atom stereocenters. The van der Waals surface area contributed by atoms with E-state index in [4.69, 9.17) is 4.74 Å². The molecule has 2 nitrogen and oxygen atoms in total. The summed E-state index contributed by atoms with van der Waals surface area (Å²) >= 11 is 0. The van der Waals surface area contributed by atoms with Crippen LogP contribution in [0.2, 0.25) is 0 Å². The van der Waals surface area contributed by atoms with Crippen molar-refractivity contribution >= 4 is 5.78 Å². The van der Waals surface area contributed by atoms with Crippen LogP contribution >= 0.6 is 0 Å². The Kier molecular flexibility index (Phi) is 4.11. The fraction of sp³-hybridized carbons (Fsp3) is 0.917. The van der Waals surface area contributed by atoms with Gasteiger partial charge in [0, 0.05) is 13.0 Å². The van der Waals surface area contributed by atoms with Crippen LogP contribution in [0, 0.1) is 5.92 Å². The summed E-state index contributed by atoms with van der Waals surface area (Å²) in [6.07, 6.45) is 7.11. The molecule has 0 bridgehead atoms. The average Bonchev–Trinajstić information content (AvgIpc) is 2.44. The summed E-state index contributed by atoms with van der Waals surface area (Å²) in [5.74, 6) is 0.536. The zero-order valence-corrected chi connectivity index (χ0v) is 9.64. The van der Waals surface area contributed by atoms with Crippen LogP contribution in [0.3, 0.4) is 0 Å². The molecule has 0 aromatic rings. The minimum atomic E-state index is -0.588. The fourth-order valence-corrected chi connectivity index (χ4v) is 2.13. The molecule has 1 rings (SSSR count). The lowest BCUT2D eigenvalue weighted by molar-refractivity contribution is -0.141. The van der Waals surface area contributed by atoms with Crippen molar-refractivity contribution in [2.45, 2.75) is 58.0 Å². The van der Waals surface area contributed by atoms with E-state index in [1.807, 2.05) is 13.8 Å². The van der Waals surface area contributed by atoms with Gasteiger partial charge in [0.05, 0.1) is 0 Å². The number of carbonyl (C=O) groups excluding carboxylic acids is 1. The maximum absolute atomic E-state index is 12.1. The first-order valence-electron chi connectivity index (χ1n) is 5.67. The van der Waals surface area contributed by atoms with E-state index in [-0.39, 0.29) is 5.92 Å². The standard InChI is InChI=1S/C12H22O2/c1-12(2,14-3)11(13)10-8-6-4-5-7-9-10/h10H,4-9H2,1-3H3. The van der Waals surface area contributed by atoms with Gasteiger partial charge in [0.25, 0.3) is 0 Å². The second-order valence-electron chi connectivity index (χ2n) is 4.77. The number of carbonyl (C=O) groups is 1. The van der Waals surface area contributed by atoms with Crippen molar-refractivity contribution in [3.05, 3.63) is 0 Å². The Bertz CT molecular complexity index is 188. The fourth-order valence-electron chi connectivity index (χ4n) is 2.13. The lowest BCUT2D eigenvalue weighted by Crippen LogP contribution is -2.38. The van der Waals surface area contributed by atoms with Crippen LogP contribution < -0.4 is 0 Å². The molecule has 0 aliphatic heterocycles. The van der Waals surface area contributed by atoms with Crippen molar-refractivity contribution in [3.63, 3.8) is 0 Å². The van der Waals surface area contributed by atoms with Gasteiger partial charge in [-0.2, -0.15) is 0 Å². The maximum Gasteiger partial charge on any atom is 0.167 e. The third kappa shape index (κ3) is 2.81. The van der Waals surface area contributed by atoms with E-state index in [0.29, 0.717) is 5.78 Å². The molecule has 0 unspecified atom stereocenters.